The second-order valence-corrected chi connectivity index (χ2v) is 9.16. The Bertz CT molecular complexity index is 1490. The second-order valence-electron chi connectivity index (χ2n) is 9.16. The molecule has 2 aromatic heterocycles. The summed E-state index contributed by atoms with van der Waals surface area (Å²) < 4.78 is 0. The van der Waals surface area contributed by atoms with Crippen LogP contribution in [0.3, 0.4) is 0 Å². The Morgan fingerprint density at radius 1 is 0.618 bits per heavy atom. The number of hydrogen-bond donors (Lipinski definition) is 2. The van der Waals surface area contributed by atoms with E-state index in [-0.39, 0.29) is 0 Å². The van der Waals surface area contributed by atoms with E-state index in [9.17, 15) is 0 Å². The molecule has 0 unspecified atom stereocenters. The van der Waals surface area contributed by atoms with Gasteiger partial charge < -0.3 is 10.6 Å². The first-order valence-corrected chi connectivity index (χ1v) is 11.8. The molecule has 0 aliphatic rings. The number of anilines is 3. The van der Waals surface area contributed by atoms with Crippen molar-refractivity contribution in [3.05, 3.63) is 101 Å². The fourth-order valence-electron chi connectivity index (χ4n) is 4.45. The zero-order valence-electron chi connectivity index (χ0n) is 20.2. The van der Waals surface area contributed by atoms with Gasteiger partial charge in [0.15, 0.2) is 0 Å². The van der Waals surface area contributed by atoms with Crippen LogP contribution in [0.25, 0.3) is 21.8 Å². The lowest BCUT2D eigenvalue weighted by Crippen LogP contribution is -2.06. The minimum atomic E-state index is 0.868. The highest BCUT2D eigenvalue weighted by Gasteiger charge is 2.07. The predicted octanol–water partition coefficient (Wildman–Crippen LogP) is 7.41. The maximum atomic E-state index is 4.67. The summed E-state index contributed by atoms with van der Waals surface area (Å²) in [5.41, 5.74) is 11.2. The summed E-state index contributed by atoms with van der Waals surface area (Å²) in [6.07, 6.45) is 0.950. The van der Waals surface area contributed by atoms with Crippen molar-refractivity contribution in [3.8, 4) is 0 Å². The number of rotatable bonds is 6. The number of aromatic nitrogens is 2. The van der Waals surface area contributed by atoms with E-state index in [2.05, 4.69) is 107 Å². The third-order valence-electron chi connectivity index (χ3n) is 6.15. The van der Waals surface area contributed by atoms with Gasteiger partial charge in [-0.3, -0.25) is 9.97 Å². The molecule has 4 nitrogen and oxygen atoms in total. The molecule has 2 N–H and O–H groups in total. The van der Waals surface area contributed by atoms with Crippen molar-refractivity contribution in [3.63, 3.8) is 0 Å². The lowest BCUT2D eigenvalue weighted by molar-refractivity contribution is 1.02. The van der Waals surface area contributed by atoms with Crippen molar-refractivity contribution >= 4 is 38.9 Å². The predicted molar refractivity (Wildman–Crippen MR) is 144 cm³/mol. The molecule has 5 rings (SSSR count). The highest BCUT2D eigenvalue weighted by molar-refractivity contribution is 5.94. The Hall–Kier alpha value is -3.92. The Kier molecular flexibility index (Phi) is 5.89. The summed E-state index contributed by atoms with van der Waals surface area (Å²) in [5.74, 6) is 0. The minimum Gasteiger partial charge on any atom is -0.384 e. The molecule has 2 heterocycles. The zero-order chi connectivity index (χ0) is 23.7. The number of nitrogens with zero attached hydrogens (tertiary/aromatic N) is 2. The van der Waals surface area contributed by atoms with E-state index in [0.717, 1.165) is 57.8 Å². The monoisotopic (exact) mass is 446 g/mol. The summed E-state index contributed by atoms with van der Waals surface area (Å²) in [6, 6.07) is 25.8. The number of aryl methyl sites for hydroxylation is 4. The number of pyridine rings is 2. The number of fused-ring (bicyclic) bond motifs is 2. The van der Waals surface area contributed by atoms with E-state index < -0.39 is 0 Å². The molecule has 0 radical (unpaired) electrons. The molecule has 0 aliphatic heterocycles. The standard InChI is InChI=1S/C30H30N4/c1-19-5-11-27-25(15-19)29(17-21(3)32-27)31-14-13-23-7-9-24(10-8-23)34-30-18-22(4)33-28-12-6-20(2)16-26(28)30/h5-12,15-18H,13-14H2,1-4H3,(H,31,32)(H,33,34). The van der Waals surface area contributed by atoms with Crippen molar-refractivity contribution < 1.29 is 0 Å². The van der Waals surface area contributed by atoms with E-state index in [0.29, 0.717) is 0 Å². The Labute approximate surface area is 201 Å². The van der Waals surface area contributed by atoms with Crippen molar-refractivity contribution in [2.75, 3.05) is 17.2 Å². The van der Waals surface area contributed by atoms with E-state index in [1.54, 1.807) is 0 Å². The molecule has 0 amide bonds. The van der Waals surface area contributed by atoms with Gasteiger partial charge in [0.1, 0.15) is 0 Å². The zero-order valence-corrected chi connectivity index (χ0v) is 20.2. The van der Waals surface area contributed by atoms with Crippen LogP contribution in [0.5, 0.6) is 0 Å². The molecule has 5 aromatic rings. The largest absolute Gasteiger partial charge is 0.384 e. The minimum absolute atomic E-state index is 0.868. The molecular weight excluding hydrogens is 416 g/mol. The van der Waals surface area contributed by atoms with Crippen LogP contribution in [-0.4, -0.2) is 16.5 Å². The Morgan fingerprint density at radius 3 is 1.79 bits per heavy atom. The third kappa shape index (κ3) is 4.72. The van der Waals surface area contributed by atoms with E-state index >= 15 is 0 Å². The SMILES string of the molecule is Cc1ccc2nc(C)cc(NCCc3ccc(Nc4cc(C)nc5ccc(C)cc45)cc3)c2c1. The summed E-state index contributed by atoms with van der Waals surface area (Å²) in [6.45, 7) is 9.19. The van der Waals surface area contributed by atoms with Crippen LogP contribution in [0.2, 0.25) is 0 Å². The summed E-state index contributed by atoms with van der Waals surface area (Å²) in [7, 11) is 0. The van der Waals surface area contributed by atoms with Crippen molar-refractivity contribution in [2.24, 2.45) is 0 Å². The molecule has 0 saturated heterocycles. The quantitative estimate of drug-likeness (QED) is 0.285. The van der Waals surface area contributed by atoms with Gasteiger partial charge in [-0.25, -0.2) is 0 Å². The average molecular weight is 447 g/mol. The van der Waals surface area contributed by atoms with E-state index in [1.165, 1.54) is 22.1 Å². The van der Waals surface area contributed by atoms with Gasteiger partial charge >= 0.3 is 0 Å². The van der Waals surface area contributed by atoms with Crippen molar-refractivity contribution in [2.45, 2.75) is 34.1 Å². The van der Waals surface area contributed by atoms with Crippen LogP contribution in [0, 0.1) is 27.7 Å². The smallest absolute Gasteiger partial charge is 0.0726 e. The lowest BCUT2D eigenvalue weighted by atomic mass is 10.1. The van der Waals surface area contributed by atoms with Crippen LogP contribution in [0.15, 0.2) is 72.8 Å². The first-order chi connectivity index (χ1) is 16.4. The normalized spacial score (nSPS) is 11.2. The molecular formula is C30H30N4. The van der Waals surface area contributed by atoms with Crippen molar-refractivity contribution in [1.82, 2.24) is 9.97 Å². The molecule has 0 spiro atoms. The maximum absolute atomic E-state index is 4.67. The lowest BCUT2D eigenvalue weighted by Gasteiger charge is -2.13. The number of hydrogen-bond acceptors (Lipinski definition) is 4. The Morgan fingerprint density at radius 2 is 1.18 bits per heavy atom. The molecule has 0 bridgehead atoms. The fourth-order valence-corrected chi connectivity index (χ4v) is 4.45. The van der Waals surface area contributed by atoms with E-state index in [4.69, 9.17) is 0 Å². The van der Waals surface area contributed by atoms with Crippen LogP contribution in [-0.2, 0) is 6.42 Å². The first kappa shape index (κ1) is 21.9. The molecule has 3 aromatic carbocycles. The molecule has 34 heavy (non-hydrogen) atoms. The van der Waals surface area contributed by atoms with Gasteiger partial charge in [-0.2, -0.15) is 0 Å². The van der Waals surface area contributed by atoms with Crippen LogP contribution in [0.4, 0.5) is 17.1 Å². The Balaban J connectivity index is 1.28. The number of nitrogens with one attached hydrogen (secondary N) is 2. The molecule has 0 aliphatic carbocycles. The molecule has 170 valence electrons. The summed E-state index contributed by atoms with van der Waals surface area (Å²) >= 11 is 0. The van der Waals surface area contributed by atoms with E-state index in [1.807, 2.05) is 13.8 Å². The molecule has 4 heteroatoms. The third-order valence-corrected chi connectivity index (χ3v) is 6.15. The fraction of sp³-hybridized carbons (Fsp3) is 0.200. The van der Waals surface area contributed by atoms with Gasteiger partial charge in [-0.15, -0.1) is 0 Å². The summed E-state index contributed by atoms with van der Waals surface area (Å²) in [4.78, 5) is 9.34. The van der Waals surface area contributed by atoms with Gasteiger partial charge in [-0.05, 0) is 88.2 Å². The first-order valence-electron chi connectivity index (χ1n) is 11.8. The van der Waals surface area contributed by atoms with Crippen molar-refractivity contribution in [1.29, 1.82) is 0 Å². The maximum Gasteiger partial charge on any atom is 0.0726 e. The van der Waals surface area contributed by atoms with Crippen LogP contribution in [0.1, 0.15) is 28.1 Å². The van der Waals surface area contributed by atoms with Gasteiger partial charge in [0.05, 0.1) is 11.0 Å². The molecule has 0 atom stereocenters. The average Bonchev–Trinajstić information content (AvgIpc) is 2.81. The van der Waals surface area contributed by atoms with Gasteiger partial charge in [-0.1, -0.05) is 35.4 Å². The van der Waals surface area contributed by atoms with Crippen LogP contribution >= 0.6 is 0 Å². The van der Waals surface area contributed by atoms with Gasteiger partial charge in [0, 0.05) is 45.8 Å². The van der Waals surface area contributed by atoms with Gasteiger partial charge in [0.25, 0.3) is 0 Å². The highest BCUT2D eigenvalue weighted by atomic mass is 14.9. The number of benzene rings is 3. The second kappa shape index (κ2) is 9.14. The molecule has 0 saturated carbocycles. The summed E-state index contributed by atoms with van der Waals surface area (Å²) in [5, 5.41) is 9.55. The molecule has 0 fully saturated rings. The van der Waals surface area contributed by atoms with Gasteiger partial charge in [0.2, 0.25) is 0 Å². The topological polar surface area (TPSA) is 49.8 Å². The van der Waals surface area contributed by atoms with Crippen LogP contribution < -0.4 is 10.6 Å². The highest BCUT2D eigenvalue weighted by Crippen LogP contribution is 2.28.